The van der Waals surface area contributed by atoms with Gasteiger partial charge in [-0.1, -0.05) is 18.2 Å². The third kappa shape index (κ3) is 4.32. The quantitative estimate of drug-likeness (QED) is 0.399. The summed E-state index contributed by atoms with van der Waals surface area (Å²) in [6.07, 6.45) is 1.46. The number of imide groups is 1. The van der Waals surface area contributed by atoms with Gasteiger partial charge in [0.2, 0.25) is 0 Å². The summed E-state index contributed by atoms with van der Waals surface area (Å²) in [6.45, 7) is 4.75. The Morgan fingerprint density at radius 1 is 1.24 bits per heavy atom. The summed E-state index contributed by atoms with van der Waals surface area (Å²) in [5, 5.41) is -0.539. The molecule has 0 saturated carbocycles. The lowest BCUT2D eigenvalue weighted by atomic mass is 10.1. The van der Waals surface area contributed by atoms with E-state index in [1.165, 1.54) is 19.9 Å². The highest BCUT2D eigenvalue weighted by Gasteiger charge is 2.41. The molecule has 3 rings (SSSR count). The summed E-state index contributed by atoms with van der Waals surface area (Å²) >= 11 is 0.738. The molecule has 0 bridgehead atoms. The van der Waals surface area contributed by atoms with Crippen molar-refractivity contribution in [3.63, 3.8) is 0 Å². The van der Waals surface area contributed by atoms with Gasteiger partial charge in [0.15, 0.2) is 5.78 Å². The minimum atomic E-state index is -1.00. The largest absolute Gasteiger partial charge is 0.464 e. The maximum Gasteiger partial charge on any atom is 0.329 e. The predicted molar refractivity (Wildman–Crippen MR) is 108 cm³/mol. The molecule has 2 aromatic rings. The van der Waals surface area contributed by atoms with Crippen molar-refractivity contribution in [3.8, 4) is 11.3 Å². The van der Waals surface area contributed by atoms with Crippen LogP contribution in [0.3, 0.4) is 0 Å². The van der Waals surface area contributed by atoms with Gasteiger partial charge in [0.05, 0.1) is 11.5 Å². The van der Waals surface area contributed by atoms with E-state index in [0.717, 1.165) is 22.2 Å². The van der Waals surface area contributed by atoms with Crippen LogP contribution >= 0.6 is 11.8 Å². The van der Waals surface area contributed by atoms with Crippen LogP contribution in [0.1, 0.15) is 36.9 Å². The van der Waals surface area contributed by atoms with Crippen molar-refractivity contribution in [2.75, 3.05) is 6.61 Å². The average molecular weight is 413 g/mol. The number of carbonyl (C=O) groups is 4. The van der Waals surface area contributed by atoms with Crippen LogP contribution in [0.25, 0.3) is 17.4 Å². The smallest absolute Gasteiger partial charge is 0.329 e. The number of thioether (sulfide) groups is 1. The second-order valence-electron chi connectivity index (χ2n) is 6.32. The molecule has 1 aliphatic heterocycles. The van der Waals surface area contributed by atoms with Crippen molar-refractivity contribution in [2.45, 2.75) is 26.8 Å². The molecule has 0 aliphatic carbocycles. The molecule has 0 unspecified atom stereocenters. The van der Waals surface area contributed by atoms with Gasteiger partial charge >= 0.3 is 5.97 Å². The fourth-order valence-corrected chi connectivity index (χ4v) is 3.68. The average Bonchev–Trinajstić information content (AvgIpc) is 3.26. The summed E-state index contributed by atoms with van der Waals surface area (Å²) < 4.78 is 10.6. The summed E-state index contributed by atoms with van der Waals surface area (Å²) in [7, 11) is 0. The van der Waals surface area contributed by atoms with Crippen molar-refractivity contribution in [3.05, 3.63) is 52.6 Å². The number of hydrogen-bond donors (Lipinski definition) is 0. The van der Waals surface area contributed by atoms with Crippen LogP contribution in [0.15, 0.2) is 45.7 Å². The van der Waals surface area contributed by atoms with E-state index in [-0.39, 0.29) is 17.3 Å². The molecule has 0 spiro atoms. The Morgan fingerprint density at radius 3 is 2.69 bits per heavy atom. The fourth-order valence-electron chi connectivity index (χ4n) is 2.79. The normalized spacial score (nSPS) is 16.4. The highest BCUT2D eigenvalue weighted by Crippen LogP contribution is 2.34. The van der Waals surface area contributed by atoms with E-state index >= 15 is 0 Å². The maximum absolute atomic E-state index is 12.6. The summed E-state index contributed by atoms with van der Waals surface area (Å²) in [4.78, 5) is 49.3. The number of rotatable bonds is 6. The third-order valence-corrected chi connectivity index (χ3v) is 5.18. The Hall–Kier alpha value is -3.13. The molecular weight excluding hydrogens is 394 g/mol. The van der Waals surface area contributed by atoms with Crippen molar-refractivity contribution >= 4 is 40.7 Å². The van der Waals surface area contributed by atoms with Gasteiger partial charge in [-0.05, 0) is 50.7 Å². The van der Waals surface area contributed by atoms with Crippen molar-refractivity contribution < 1.29 is 28.3 Å². The number of carbonyl (C=O) groups excluding carboxylic acids is 4. The molecule has 150 valence electrons. The number of nitrogens with zero attached hydrogens (tertiary/aromatic N) is 1. The van der Waals surface area contributed by atoms with Gasteiger partial charge in [0, 0.05) is 17.2 Å². The standard InChI is InChI=1S/C21H19NO6S/c1-4-27-20(25)12(2)22-19(24)18(29-21(22)26)11-16-8-9-17(28-16)15-7-5-6-14(10-15)13(3)23/h5-12H,4H2,1-3H3/b18-11+/t12-/m0/s1. The van der Waals surface area contributed by atoms with Crippen LogP contribution in [0.5, 0.6) is 0 Å². The molecule has 2 heterocycles. The lowest BCUT2D eigenvalue weighted by Gasteiger charge is -2.19. The van der Waals surface area contributed by atoms with Crippen LogP contribution in [0.2, 0.25) is 0 Å². The molecule has 1 aliphatic rings. The Balaban J connectivity index is 1.82. The molecular formula is C21H19NO6S. The number of Topliss-reactive ketones (excluding diaryl/α,β-unsaturated/α-hetero) is 1. The van der Waals surface area contributed by atoms with E-state index in [4.69, 9.17) is 9.15 Å². The van der Waals surface area contributed by atoms with Gasteiger partial charge in [0.1, 0.15) is 17.6 Å². The predicted octanol–water partition coefficient (Wildman–Crippen LogP) is 4.14. The first-order chi connectivity index (χ1) is 13.8. The topological polar surface area (TPSA) is 93.9 Å². The first kappa shape index (κ1) is 20.6. The zero-order chi connectivity index (χ0) is 21.1. The first-order valence-corrected chi connectivity index (χ1v) is 9.78. The van der Waals surface area contributed by atoms with Crippen LogP contribution < -0.4 is 0 Å². The molecule has 29 heavy (non-hydrogen) atoms. The Bertz CT molecular complexity index is 1020. The Kier molecular flexibility index (Phi) is 6.03. The van der Waals surface area contributed by atoms with Gasteiger partial charge in [-0.25, -0.2) is 4.79 Å². The van der Waals surface area contributed by atoms with Gasteiger partial charge in [-0.3, -0.25) is 19.3 Å². The summed E-state index contributed by atoms with van der Waals surface area (Å²) in [6, 6.07) is 9.39. The first-order valence-electron chi connectivity index (χ1n) is 8.96. The second-order valence-corrected chi connectivity index (χ2v) is 7.31. The molecule has 1 aromatic carbocycles. The van der Waals surface area contributed by atoms with E-state index in [9.17, 15) is 19.2 Å². The Labute approximate surface area is 171 Å². The van der Waals surface area contributed by atoms with E-state index < -0.39 is 23.2 Å². The number of hydrogen-bond acceptors (Lipinski definition) is 7. The molecule has 1 aromatic heterocycles. The maximum atomic E-state index is 12.6. The monoisotopic (exact) mass is 413 g/mol. The van der Waals surface area contributed by atoms with Crippen LogP contribution in [-0.4, -0.2) is 40.4 Å². The molecule has 1 atom stereocenters. The molecule has 0 radical (unpaired) electrons. The number of amides is 2. The fraction of sp³-hybridized carbons (Fsp3) is 0.238. The lowest BCUT2D eigenvalue weighted by Crippen LogP contribution is -2.42. The zero-order valence-corrected chi connectivity index (χ0v) is 16.9. The number of furan rings is 1. The van der Waals surface area contributed by atoms with E-state index in [2.05, 4.69) is 0 Å². The van der Waals surface area contributed by atoms with Gasteiger partial charge in [-0.15, -0.1) is 0 Å². The van der Waals surface area contributed by atoms with E-state index in [1.807, 2.05) is 6.07 Å². The minimum absolute atomic E-state index is 0.0528. The van der Waals surface area contributed by atoms with Gasteiger partial charge in [0.25, 0.3) is 11.1 Å². The summed E-state index contributed by atoms with van der Waals surface area (Å²) in [5.74, 6) is -0.359. The van der Waals surface area contributed by atoms with Crippen molar-refractivity contribution in [1.82, 2.24) is 4.90 Å². The van der Waals surface area contributed by atoms with Crippen LogP contribution in [-0.2, 0) is 14.3 Å². The molecule has 0 N–H and O–H groups in total. The molecule has 2 amide bonds. The molecule has 1 saturated heterocycles. The van der Waals surface area contributed by atoms with Crippen LogP contribution in [0.4, 0.5) is 4.79 Å². The van der Waals surface area contributed by atoms with Crippen molar-refractivity contribution in [1.29, 1.82) is 0 Å². The number of esters is 1. The van der Waals surface area contributed by atoms with E-state index in [1.54, 1.807) is 37.3 Å². The highest BCUT2D eigenvalue weighted by atomic mass is 32.2. The van der Waals surface area contributed by atoms with Gasteiger partial charge in [-0.2, -0.15) is 0 Å². The summed E-state index contributed by atoms with van der Waals surface area (Å²) in [5.41, 5.74) is 1.29. The zero-order valence-electron chi connectivity index (χ0n) is 16.1. The second kappa shape index (κ2) is 8.48. The number of ketones is 1. The highest BCUT2D eigenvalue weighted by molar-refractivity contribution is 8.18. The van der Waals surface area contributed by atoms with Crippen molar-refractivity contribution in [2.24, 2.45) is 0 Å². The van der Waals surface area contributed by atoms with Gasteiger partial charge < -0.3 is 9.15 Å². The third-order valence-electron chi connectivity index (χ3n) is 4.29. The minimum Gasteiger partial charge on any atom is -0.464 e. The number of ether oxygens (including phenoxy) is 1. The van der Waals surface area contributed by atoms with Crippen LogP contribution in [0, 0.1) is 0 Å². The molecule has 7 nitrogen and oxygen atoms in total. The lowest BCUT2D eigenvalue weighted by molar-refractivity contribution is -0.150. The number of benzene rings is 1. The SMILES string of the molecule is CCOC(=O)[C@H](C)N1C(=O)S/C(=C/c2ccc(-c3cccc(C(C)=O)c3)o2)C1=O. The molecule has 8 heteroatoms. The molecule has 1 fully saturated rings. The van der Waals surface area contributed by atoms with E-state index in [0.29, 0.717) is 17.1 Å². The Morgan fingerprint density at radius 2 is 2.00 bits per heavy atom.